The Hall–Kier alpha value is -2.31. The molecule has 7 nitrogen and oxygen atoms in total. The molecule has 2 aromatic rings. The van der Waals surface area contributed by atoms with E-state index in [0.29, 0.717) is 6.54 Å². The van der Waals surface area contributed by atoms with Gasteiger partial charge in [0.25, 0.3) is 0 Å². The first-order valence-corrected chi connectivity index (χ1v) is 8.38. The van der Waals surface area contributed by atoms with Gasteiger partial charge in [0.1, 0.15) is 11.4 Å². The first kappa shape index (κ1) is 16.5. The molecule has 2 aromatic heterocycles. The van der Waals surface area contributed by atoms with Gasteiger partial charge in [-0.05, 0) is 52.7 Å². The molecule has 3 rings (SSSR count). The quantitative estimate of drug-likeness (QED) is 0.936. The lowest BCUT2D eigenvalue weighted by atomic mass is 10.2. The van der Waals surface area contributed by atoms with Gasteiger partial charge in [0.15, 0.2) is 5.65 Å². The highest BCUT2D eigenvalue weighted by Gasteiger charge is 2.31. The summed E-state index contributed by atoms with van der Waals surface area (Å²) in [7, 11) is 0. The van der Waals surface area contributed by atoms with Crippen LogP contribution in [0.3, 0.4) is 0 Å². The van der Waals surface area contributed by atoms with Gasteiger partial charge in [-0.25, -0.2) is 14.3 Å². The summed E-state index contributed by atoms with van der Waals surface area (Å²) in [4.78, 5) is 18.4. The maximum Gasteiger partial charge on any atom is 0.410 e. The Balaban J connectivity index is 1.64. The number of hydrogen-bond acceptors (Lipinski definition) is 5. The number of aryl methyl sites for hydroxylation is 1. The van der Waals surface area contributed by atoms with E-state index in [1.54, 1.807) is 6.20 Å². The normalized spacial score (nSPS) is 18.2. The van der Waals surface area contributed by atoms with Crippen LogP contribution in [0, 0.1) is 6.92 Å². The summed E-state index contributed by atoms with van der Waals surface area (Å²) in [6.45, 7) is 9.04. The molecule has 0 aromatic carbocycles. The van der Waals surface area contributed by atoms with Crippen LogP contribution in [-0.4, -0.2) is 50.3 Å². The molecule has 1 N–H and O–H groups in total. The molecule has 0 saturated carbocycles. The smallest absolute Gasteiger partial charge is 0.410 e. The minimum Gasteiger partial charge on any atom is -0.444 e. The summed E-state index contributed by atoms with van der Waals surface area (Å²) in [5, 5.41) is 7.87. The fraction of sp³-hybridized carbons (Fsp3) is 0.588. The highest BCUT2D eigenvalue weighted by atomic mass is 16.6. The number of carbonyl (C=O) groups excluding carboxylic acids is 1. The number of amides is 1. The fourth-order valence-corrected chi connectivity index (χ4v) is 2.91. The highest BCUT2D eigenvalue weighted by Crippen LogP contribution is 2.21. The van der Waals surface area contributed by atoms with Gasteiger partial charge in [-0.2, -0.15) is 0 Å². The van der Waals surface area contributed by atoms with Gasteiger partial charge in [-0.1, -0.05) is 0 Å². The topological polar surface area (TPSA) is 71.8 Å². The number of aromatic nitrogens is 3. The summed E-state index contributed by atoms with van der Waals surface area (Å²) in [6.07, 6.45) is 3.53. The van der Waals surface area contributed by atoms with Crippen molar-refractivity contribution in [3.63, 3.8) is 0 Å². The van der Waals surface area contributed by atoms with Crippen molar-refractivity contribution in [3.8, 4) is 0 Å². The lowest BCUT2D eigenvalue weighted by Crippen LogP contribution is -2.42. The molecule has 1 aliphatic heterocycles. The molecule has 130 valence electrons. The number of rotatable bonds is 3. The van der Waals surface area contributed by atoms with Gasteiger partial charge in [-0.15, -0.1) is 5.10 Å². The zero-order valence-electron chi connectivity index (χ0n) is 14.7. The Morgan fingerprint density at radius 2 is 2.21 bits per heavy atom. The largest absolute Gasteiger partial charge is 0.444 e. The Morgan fingerprint density at radius 3 is 2.96 bits per heavy atom. The van der Waals surface area contributed by atoms with Gasteiger partial charge in [0.2, 0.25) is 0 Å². The molecule has 0 spiro atoms. The van der Waals surface area contributed by atoms with Gasteiger partial charge in [0.05, 0.1) is 17.9 Å². The summed E-state index contributed by atoms with van der Waals surface area (Å²) >= 11 is 0. The van der Waals surface area contributed by atoms with Crippen molar-refractivity contribution in [2.24, 2.45) is 0 Å². The van der Waals surface area contributed by atoms with Crippen molar-refractivity contribution in [1.82, 2.24) is 19.5 Å². The zero-order chi connectivity index (χ0) is 17.3. The molecule has 1 amide bonds. The van der Waals surface area contributed by atoms with Gasteiger partial charge in [-0.3, -0.25) is 0 Å². The molecule has 24 heavy (non-hydrogen) atoms. The van der Waals surface area contributed by atoms with Crippen LogP contribution >= 0.6 is 0 Å². The van der Waals surface area contributed by atoms with Crippen LogP contribution in [0.4, 0.5) is 10.6 Å². The van der Waals surface area contributed by atoms with Crippen LogP contribution in [0.5, 0.6) is 0 Å². The van der Waals surface area contributed by atoms with E-state index in [-0.39, 0.29) is 12.1 Å². The van der Waals surface area contributed by atoms with Crippen molar-refractivity contribution in [2.75, 3.05) is 18.4 Å². The van der Waals surface area contributed by atoms with Crippen molar-refractivity contribution in [1.29, 1.82) is 0 Å². The molecule has 0 radical (unpaired) electrons. The third kappa shape index (κ3) is 3.60. The van der Waals surface area contributed by atoms with Gasteiger partial charge < -0.3 is 15.0 Å². The second-order valence-electron chi connectivity index (χ2n) is 7.24. The van der Waals surface area contributed by atoms with Crippen LogP contribution in [0.25, 0.3) is 5.65 Å². The number of imidazole rings is 1. The Bertz CT molecular complexity index is 734. The van der Waals surface area contributed by atoms with Crippen LogP contribution in [0.1, 0.15) is 39.3 Å². The van der Waals surface area contributed by atoms with E-state index in [1.165, 1.54) is 0 Å². The van der Waals surface area contributed by atoms with E-state index >= 15 is 0 Å². The fourth-order valence-electron chi connectivity index (χ4n) is 2.91. The number of anilines is 1. The average molecular weight is 331 g/mol. The summed E-state index contributed by atoms with van der Waals surface area (Å²) in [5.41, 5.74) is 1.35. The van der Waals surface area contributed by atoms with Crippen molar-refractivity contribution < 1.29 is 9.53 Å². The van der Waals surface area contributed by atoms with E-state index in [0.717, 1.165) is 36.5 Å². The predicted octanol–water partition coefficient (Wildman–Crippen LogP) is 2.85. The molecule has 1 saturated heterocycles. The van der Waals surface area contributed by atoms with Crippen LogP contribution in [0.2, 0.25) is 0 Å². The monoisotopic (exact) mass is 331 g/mol. The summed E-state index contributed by atoms with van der Waals surface area (Å²) < 4.78 is 7.31. The molecule has 7 heteroatoms. The number of fused-ring (bicyclic) bond motifs is 1. The van der Waals surface area contributed by atoms with E-state index in [9.17, 15) is 4.79 Å². The minimum atomic E-state index is -0.469. The molecule has 1 unspecified atom stereocenters. The Morgan fingerprint density at radius 1 is 1.42 bits per heavy atom. The number of nitrogens with one attached hydrogen (secondary N) is 1. The first-order chi connectivity index (χ1) is 11.3. The molecule has 0 aliphatic carbocycles. The molecule has 1 fully saturated rings. The van der Waals surface area contributed by atoms with Crippen molar-refractivity contribution >= 4 is 17.6 Å². The third-order valence-electron chi connectivity index (χ3n) is 4.06. The number of likely N-dealkylation sites (tertiary alicyclic amines) is 1. The van der Waals surface area contributed by atoms with E-state index in [2.05, 4.69) is 15.4 Å². The van der Waals surface area contributed by atoms with E-state index in [4.69, 9.17) is 4.74 Å². The molecule has 3 heterocycles. The predicted molar refractivity (Wildman–Crippen MR) is 92.2 cm³/mol. The minimum absolute atomic E-state index is 0.126. The SMILES string of the molecule is Cc1cnc2ccc(NCC3CCCN3C(=O)OC(C)(C)C)nn12. The summed E-state index contributed by atoms with van der Waals surface area (Å²) in [5.74, 6) is 0.777. The lowest BCUT2D eigenvalue weighted by molar-refractivity contribution is 0.0235. The second-order valence-corrected chi connectivity index (χ2v) is 7.24. The molecule has 1 atom stereocenters. The Labute approximate surface area is 142 Å². The molecular formula is C17H25N5O2. The standard InChI is InChI=1S/C17H25N5O2/c1-12-10-19-15-8-7-14(20-22(12)15)18-11-13-6-5-9-21(13)16(23)24-17(2,3)4/h7-8,10,13H,5-6,9,11H2,1-4H3,(H,18,20). The van der Waals surface area contributed by atoms with E-state index < -0.39 is 5.60 Å². The highest BCUT2D eigenvalue weighted by molar-refractivity contribution is 5.69. The van der Waals surface area contributed by atoms with Crippen LogP contribution in [-0.2, 0) is 4.74 Å². The average Bonchev–Trinajstić information content (AvgIpc) is 3.11. The number of ether oxygens (including phenoxy) is 1. The Kier molecular flexibility index (Phi) is 4.34. The molecule has 0 bridgehead atoms. The first-order valence-electron chi connectivity index (χ1n) is 8.38. The van der Waals surface area contributed by atoms with Crippen molar-refractivity contribution in [2.45, 2.75) is 52.2 Å². The lowest BCUT2D eigenvalue weighted by Gasteiger charge is -2.28. The second kappa shape index (κ2) is 6.30. The van der Waals surface area contributed by atoms with Crippen molar-refractivity contribution in [3.05, 3.63) is 24.0 Å². The van der Waals surface area contributed by atoms with Gasteiger partial charge >= 0.3 is 6.09 Å². The molecule has 1 aliphatic rings. The third-order valence-corrected chi connectivity index (χ3v) is 4.06. The van der Waals surface area contributed by atoms with Crippen LogP contribution < -0.4 is 5.32 Å². The number of nitrogens with zero attached hydrogens (tertiary/aromatic N) is 4. The van der Waals surface area contributed by atoms with E-state index in [1.807, 2.05) is 49.2 Å². The van der Waals surface area contributed by atoms with Crippen LogP contribution in [0.15, 0.2) is 18.3 Å². The number of hydrogen-bond donors (Lipinski definition) is 1. The maximum atomic E-state index is 12.3. The number of carbonyl (C=O) groups is 1. The molecular weight excluding hydrogens is 306 g/mol. The maximum absolute atomic E-state index is 12.3. The van der Waals surface area contributed by atoms with Gasteiger partial charge in [0, 0.05) is 13.1 Å². The zero-order valence-corrected chi connectivity index (χ0v) is 14.7. The summed E-state index contributed by atoms with van der Waals surface area (Å²) in [6, 6.07) is 3.97.